The molecule has 2 heterocycles. The van der Waals surface area contributed by atoms with Gasteiger partial charge in [-0.2, -0.15) is 10.1 Å². The van der Waals surface area contributed by atoms with Crippen molar-refractivity contribution in [1.82, 2.24) is 4.98 Å². The molecule has 156 valence electrons. The highest BCUT2D eigenvalue weighted by Crippen LogP contribution is 2.31. The van der Waals surface area contributed by atoms with Gasteiger partial charge < -0.3 is 9.64 Å². The Morgan fingerprint density at radius 3 is 2.57 bits per heavy atom. The lowest BCUT2D eigenvalue weighted by Gasteiger charge is -2.11. The largest absolute Gasteiger partial charge is 0.462 e. The van der Waals surface area contributed by atoms with Crippen molar-refractivity contribution in [3.63, 3.8) is 0 Å². The van der Waals surface area contributed by atoms with Gasteiger partial charge in [0.2, 0.25) is 5.13 Å². The average molecular weight is 425 g/mol. The van der Waals surface area contributed by atoms with Crippen LogP contribution in [0.15, 0.2) is 47.1 Å². The normalized spacial score (nSPS) is 15.2. The molecule has 0 radical (unpaired) electrons. The third kappa shape index (κ3) is 4.49. The Bertz CT molecular complexity index is 1050. The summed E-state index contributed by atoms with van der Waals surface area (Å²) in [5, 5.41) is 5.92. The number of aryl methyl sites for hydroxylation is 1. The predicted molar refractivity (Wildman–Crippen MR) is 121 cm³/mol. The first-order chi connectivity index (χ1) is 14.3. The number of carbonyl (C=O) groups excluding carboxylic acids is 2. The molecule has 0 fully saturated rings. The number of benzene rings is 1. The molecule has 30 heavy (non-hydrogen) atoms. The van der Waals surface area contributed by atoms with E-state index < -0.39 is 5.97 Å². The van der Waals surface area contributed by atoms with Crippen LogP contribution in [0.2, 0.25) is 0 Å². The fraction of sp³-hybridized carbons (Fsp3) is 0.273. The number of esters is 1. The number of amides is 1. The van der Waals surface area contributed by atoms with E-state index in [-0.39, 0.29) is 12.5 Å². The summed E-state index contributed by atoms with van der Waals surface area (Å²) in [6.45, 7) is 5.51. The van der Waals surface area contributed by atoms with Gasteiger partial charge in [-0.3, -0.25) is 4.79 Å². The summed E-state index contributed by atoms with van der Waals surface area (Å²) in [7, 11) is 3.99. The smallest absolute Gasteiger partial charge is 0.350 e. The summed E-state index contributed by atoms with van der Waals surface area (Å²) in [6, 6.07) is 8.11. The minimum Gasteiger partial charge on any atom is -0.462 e. The Morgan fingerprint density at radius 1 is 1.23 bits per heavy atom. The summed E-state index contributed by atoms with van der Waals surface area (Å²) in [4.78, 5) is 31.6. The maximum Gasteiger partial charge on any atom is 0.350 e. The number of hydrazone groups is 1. The molecule has 0 unspecified atom stereocenters. The van der Waals surface area contributed by atoms with Crippen LogP contribution in [-0.4, -0.2) is 43.3 Å². The predicted octanol–water partition coefficient (Wildman–Crippen LogP) is 4.06. The molecule has 1 amide bonds. The van der Waals surface area contributed by atoms with Gasteiger partial charge in [0.25, 0.3) is 5.91 Å². The van der Waals surface area contributed by atoms with E-state index in [9.17, 15) is 9.59 Å². The summed E-state index contributed by atoms with van der Waals surface area (Å²) in [5.41, 5.74) is 3.76. The van der Waals surface area contributed by atoms with E-state index >= 15 is 0 Å². The standard InChI is InChI=1S/C22H24N4O3S/c1-6-29-21(28)19-15(3)23-22(30-19)26-20(27)18(14(2)24-26)9-7-8-16-10-12-17(13-11-16)25(4)5/h7-13H,6H2,1-5H3/b8-7+,18-9+. The number of ether oxygens (including phenoxy) is 1. The maximum absolute atomic E-state index is 12.8. The molecule has 7 nitrogen and oxygen atoms in total. The van der Waals surface area contributed by atoms with Crippen LogP contribution in [0.5, 0.6) is 0 Å². The van der Waals surface area contributed by atoms with Crippen LogP contribution in [0.4, 0.5) is 10.8 Å². The Hall–Kier alpha value is -3.26. The van der Waals surface area contributed by atoms with Crippen molar-refractivity contribution < 1.29 is 14.3 Å². The van der Waals surface area contributed by atoms with Crippen LogP contribution in [0.25, 0.3) is 6.08 Å². The lowest BCUT2D eigenvalue weighted by atomic mass is 10.1. The molecule has 0 saturated heterocycles. The minimum atomic E-state index is -0.440. The minimum absolute atomic E-state index is 0.274. The first-order valence-electron chi connectivity index (χ1n) is 9.52. The zero-order chi connectivity index (χ0) is 21.8. The van der Waals surface area contributed by atoms with Gasteiger partial charge in [-0.15, -0.1) is 0 Å². The Labute approximate surface area is 180 Å². The molecule has 1 aliphatic rings. The lowest BCUT2D eigenvalue weighted by molar-refractivity contribution is -0.114. The molecule has 1 aromatic carbocycles. The fourth-order valence-corrected chi connectivity index (χ4v) is 3.75. The molecule has 0 bridgehead atoms. The van der Waals surface area contributed by atoms with E-state index in [1.54, 1.807) is 26.8 Å². The van der Waals surface area contributed by atoms with Gasteiger partial charge in [0.1, 0.15) is 4.88 Å². The third-order valence-corrected chi connectivity index (χ3v) is 5.56. The van der Waals surface area contributed by atoms with E-state index in [0.29, 0.717) is 27.0 Å². The second-order valence-electron chi connectivity index (χ2n) is 6.86. The number of thiazole rings is 1. The fourth-order valence-electron chi connectivity index (χ4n) is 2.84. The molecule has 0 N–H and O–H groups in total. The van der Waals surface area contributed by atoms with Gasteiger partial charge in [-0.05, 0) is 44.5 Å². The number of aromatic nitrogens is 1. The molecule has 0 atom stereocenters. The molecular weight excluding hydrogens is 400 g/mol. The Morgan fingerprint density at radius 2 is 1.93 bits per heavy atom. The van der Waals surface area contributed by atoms with Crippen molar-refractivity contribution in [2.24, 2.45) is 5.10 Å². The highest BCUT2D eigenvalue weighted by Gasteiger charge is 2.31. The Balaban J connectivity index is 1.77. The van der Waals surface area contributed by atoms with Crippen LogP contribution in [-0.2, 0) is 9.53 Å². The van der Waals surface area contributed by atoms with Crippen LogP contribution in [0.1, 0.15) is 34.8 Å². The molecule has 2 aromatic rings. The summed E-state index contributed by atoms with van der Waals surface area (Å²) in [6.07, 6.45) is 5.51. The van der Waals surface area contributed by atoms with Crippen molar-refractivity contribution in [2.45, 2.75) is 20.8 Å². The van der Waals surface area contributed by atoms with E-state index in [4.69, 9.17) is 4.74 Å². The molecule has 0 spiro atoms. The first-order valence-corrected chi connectivity index (χ1v) is 10.3. The topological polar surface area (TPSA) is 75.1 Å². The molecule has 0 aliphatic carbocycles. The highest BCUT2D eigenvalue weighted by atomic mass is 32.1. The monoisotopic (exact) mass is 424 g/mol. The number of rotatable bonds is 6. The summed E-state index contributed by atoms with van der Waals surface area (Å²) < 4.78 is 5.04. The van der Waals surface area contributed by atoms with Crippen molar-refractivity contribution in [3.05, 3.63) is 58.1 Å². The van der Waals surface area contributed by atoms with Gasteiger partial charge in [0, 0.05) is 19.8 Å². The van der Waals surface area contributed by atoms with Crippen molar-refractivity contribution in [3.8, 4) is 0 Å². The molecule has 3 rings (SSSR count). The summed E-state index contributed by atoms with van der Waals surface area (Å²) in [5.74, 6) is -0.714. The second-order valence-corrected chi connectivity index (χ2v) is 7.84. The second kappa shape index (κ2) is 9.04. The molecule has 8 heteroatoms. The zero-order valence-corrected chi connectivity index (χ0v) is 18.5. The average Bonchev–Trinajstić information content (AvgIpc) is 3.23. The zero-order valence-electron chi connectivity index (χ0n) is 17.7. The third-order valence-electron chi connectivity index (χ3n) is 4.45. The summed E-state index contributed by atoms with van der Waals surface area (Å²) >= 11 is 1.10. The van der Waals surface area contributed by atoms with Gasteiger partial charge in [-0.1, -0.05) is 35.6 Å². The quantitative estimate of drug-likeness (QED) is 0.516. The molecule has 1 aromatic heterocycles. The molecule has 0 saturated carbocycles. The molecule has 1 aliphatic heterocycles. The van der Waals surface area contributed by atoms with Gasteiger partial charge >= 0.3 is 5.97 Å². The number of carbonyl (C=O) groups is 2. The van der Waals surface area contributed by atoms with Crippen molar-refractivity contribution >= 4 is 45.8 Å². The SMILES string of the molecule is CCOC(=O)c1sc(N2N=C(C)/C(=C\C=C\c3ccc(N(C)C)cc3)C2=O)nc1C. The van der Waals surface area contributed by atoms with E-state index in [1.807, 2.05) is 55.4 Å². The van der Waals surface area contributed by atoms with Crippen molar-refractivity contribution in [2.75, 3.05) is 30.6 Å². The van der Waals surface area contributed by atoms with Crippen molar-refractivity contribution in [1.29, 1.82) is 0 Å². The lowest BCUT2D eigenvalue weighted by Crippen LogP contribution is -2.21. The Kier molecular flexibility index (Phi) is 6.47. The molecular formula is C22H24N4O3S. The van der Waals surface area contributed by atoms with Gasteiger partial charge in [0.15, 0.2) is 0 Å². The number of anilines is 2. The number of hydrogen-bond acceptors (Lipinski definition) is 7. The van der Waals surface area contributed by atoms with Gasteiger partial charge in [-0.25, -0.2) is 9.78 Å². The number of allylic oxidation sites excluding steroid dienone is 2. The van der Waals surface area contributed by atoms with E-state index in [0.717, 1.165) is 22.6 Å². The number of hydrogen-bond donors (Lipinski definition) is 0. The van der Waals surface area contributed by atoms with Gasteiger partial charge in [0.05, 0.1) is 23.6 Å². The van der Waals surface area contributed by atoms with Crippen LogP contribution in [0, 0.1) is 6.92 Å². The maximum atomic E-state index is 12.8. The van der Waals surface area contributed by atoms with Crippen LogP contribution in [0.3, 0.4) is 0 Å². The first kappa shape index (κ1) is 21.4. The van der Waals surface area contributed by atoms with Crippen LogP contribution < -0.4 is 9.91 Å². The number of nitrogens with zero attached hydrogens (tertiary/aromatic N) is 4. The van der Waals surface area contributed by atoms with Crippen LogP contribution >= 0.6 is 11.3 Å². The highest BCUT2D eigenvalue weighted by molar-refractivity contribution is 7.17. The van der Waals surface area contributed by atoms with E-state index in [1.165, 1.54) is 5.01 Å². The van der Waals surface area contributed by atoms with E-state index in [2.05, 4.69) is 10.1 Å².